The third kappa shape index (κ3) is 2.13. The fraction of sp³-hybridized carbons (Fsp3) is 0.615. The van der Waals surface area contributed by atoms with E-state index in [0.29, 0.717) is 0 Å². The van der Waals surface area contributed by atoms with E-state index in [0.717, 1.165) is 42.1 Å². The van der Waals surface area contributed by atoms with Gasteiger partial charge >= 0.3 is 0 Å². The molecule has 3 heteroatoms. The normalized spacial score (nSPS) is 20.8. The molecular weight excluding hydrogens is 198 g/mol. The van der Waals surface area contributed by atoms with Gasteiger partial charge in [0.2, 0.25) is 0 Å². The zero-order chi connectivity index (χ0) is 11.7. The lowest BCUT2D eigenvalue weighted by molar-refractivity contribution is 0.422. The lowest BCUT2D eigenvalue weighted by Gasteiger charge is -2.19. The maximum atomic E-state index is 5.78. The third-order valence-electron chi connectivity index (χ3n) is 3.60. The first kappa shape index (κ1) is 11.2. The van der Waals surface area contributed by atoms with Crippen molar-refractivity contribution in [2.75, 3.05) is 23.7 Å². The summed E-state index contributed by atoms with van der Waals surface area (Å²) in [5.41, 5.74) is 7.50. The van der Waals surface area contributed by atoms with Gasteiger partial charge in [0.15, 0.2) is 0 Å². The van der Waals surface area contributed by atoms with Crippen LogP contribution in [0.25, 0.3) is 0 Å². The summed E-state index contributed by atoms with van der Waals surface area (Å²) in [5, 5.41) is 0. The van der Waals surface area contributed by atoms with Crippen molar-refractivity contribution >= 4 is 11.5 Å². The molecule has 1 aliphatic rings. The molecule has 0 aliphatic carbocycles. The second-order valence-electron chi connectivity index (χ2n) is 5.08. The number of nitrogens with zero attached hydrogens (tertiary/aromatic N) is 2. The maximum Gasteiger partial charge on any atom is 0.128 e. The van der Waals surface area contributed by atoms with Crippen LogP contribution in [0.5, 0.6) is 0 Å². The molecule has 1 unspecified atom stereocenters. The lowest BCUT2D eigenvalue weighted by atomic mass is 9.95. The van der Waals surface area contributed by atoms with Crippen LogP contribution in [0.1, 0.15) is 26.0 Å². The fourth-order valence-electron chi connectivity index (χ4n) is 2.27. The Kier molecular flexibility index (Phi) is 3.03. The van der Waals surface area contributed by atoms with Crippen molar-refractivity contribution in [1.82, 2.24) is 4.98 Å². The minimum absolute atomic E-state index is 0.764. The minimum atomic E-state index is 0.764. The summed E-state index contributed by atoms with van der Waals surface area (Å²) < 4.78 is 0. The molecule has 1 aliphatic heterocycles. The molecule has 16 heavy (non-hydrogen) atoms. The minimum Gasteiger partial charge on any atom is -0.397 e. The Hall–Kier alpha value is -1.25. The van der Waals surface area contributed by atoms with E-state index in [4.69, 9.17) is 5.73 Å². The SMILES string of the molecule is Cc1nc(N2CCC(C(C)C)C2)ccc1N. The second kappa shape index (κ2) is 4.32. The van der Waals surface area contributed by atoms with E-state index in [1.807, 2.05) is 19.1 Å². The summed E-state index contributed by atoms with van der Waals surface area (Å²) in [4.78, 5) is 6.92. The molecule has 1 atom stereocenters. The summed E-state index contributed by atoms with van der Waals surface area (Å²) in [5.74, 6) is 2.65. The number of nitrogen functional groups attached to an aromatic ring is 1. The van der Waals surface area contributed by atoms with E-state index in [9.17, 15) is 0 Å². The molecule has 88 valence electrons. The molecule has 2 rings (SSSR count). The van der Waals surface area contributed by atoms with E-state index >= 15 is 0 Å². The van der Waals surface area contributed by atoms with Gasteiger partial charge in [-0.3, -0.25) is 0 Å². The first-order valence-corrected chi connectivity index (χ1v) is 6.06. The topological polar surface area (TPSA) is 42.2 Å². The van der Waals surface area contributed by atoms with Gasteiger partial charge in [-0.15, -0.1) is 0 Å². The van der Waals surface area contributed by atoms with Crippen molar-refractivity contribution < 1.29 is 0 Å². The number of anilines is 2. The van der Waals surface area contributed by atoms with Gasteiger partial charge in [0.25, 0.3) is 0 Å². The standard InChI is InChI=1S/C13H21N3/c1-9(2)11-6-7-16(8-11)13-5-4-12(14)10(3)15-13/h4-5,9,11H,6-8,14H2,1-3H3. The largest absolute Gasteiger partial charge is 0.397 e. The monoisotopic (exact) mass is 219 g/mol. The highest BCUT2D eigenvalue weighted by molar-refractivity contribution is 5.50. The van der Waals surface area contributed by atoms with Crippen molar-refractivity contribution in [2.45, 2.75) is 27.2 Å². The first-order chi connectivity index (χ1) is 7.58. The number of pyridine rings is 1. The maximum absolute atomic E-state index is 5.78. The third-order valence-corrected chi connectivity index (χ3v) is 3.60. The average Bonchev–Trinajstić information content (AvgIpc) is 2.71. The van der Waals surface area contributed by atoms with Crippen LogP contribution in [0.4, 0.5) is 11.5 Å². The number of aryl methyl sites for hydroxylation is 1. The fourth-order valence-corrected chi connectivity index (χ4v) is 2.27. The molecule has 0 amide bonds. The molecule has 0 radical (unpaired) electrons. The van der Waals surface area contributed by atoms with Gasteiger partial charge in [-0.1, -0.05) is 13.8 Å². The van der Waals surface area contributed by atoms with Gasteiger partial charge in [0.05, 0.1) is 11.4 Å². The van der Waals surface area contributed by atoms with Crippen LogP contribution in [-0.2, 0) is 0 Å². The van der Waals surface area contributed by atoms with Crippen molar-refractivity contribution in [1.29, 1.82) is 0 Å². The highest BCUT2D eigenvalue weighted by atomic mass is 15.2. The summed E-state index contributed by atoms with van der Waals surface area (Å²) in [6, 6.07) is 3.99. The Morgan fingerprint density at radius 3 is 2.75 bits per heavy atom. The number of rotatable bonds is 2. The van der Waals surface area contributed by atoms with E-state index < -0.39 is 0 Å². The average molecular weight is 219 g/mol. The van der Waals surface area contributed by atoms with Gasteiger partial charge in [0, 0.05) is 13.1 Å². The molecule has 3 nitrogen and oxygen atoms in total. The zero-order valence-electron chi connectivity index (χ0n) is 10.4. The molecule has 1 saturated heterocycles. The van der Waals surface area contributed by atoms with Crippen molar-refractivity contribution in [3.8, 4) is 0 Å². The summed E-state index contributed by atoms with van der Waals surface area (Å²) >= 11 is 0. The molecular formula is C13H21N3. The van der Waals surface area contributed by atoms with E-state index in [1.54, 1.807) is 0 Å². The van der Waals surface area contributed by atoms with Crippen LogP contribution in [0.3, 0.4) is 0 Å². The van der Waals surface area contributed by atoms with Crippen LogP contribution < -0.4 is 10.6 Å². The summed E-state index contributed by atoms with van der Waals surface area (Å²) in [7, 11) is 0. The highest BCUT2D eigenvalue weighted by Gasteiger charge is 2.25. The quantitative estimate of drug-likeness (QED) is 0.830. The molecule has 1 aromatic heterocycles. The van der Waals surface area contributed by atoms with Crippen molar-refractivity contribution in [2.24, 2.45) is 11.8 Å². The summed E-state index contributed by atoms with van der Waals surface area (Å²) in [6.07, 6.45) is 1.28. The number of hydrogen-bond donors (Lipinski definition) is 1. The molecule has 0 bridgehead atoms. The van der Waals surface area contributed by atoms with Crippen LogP contribution in [-0.4, -0.2) is 18.1 Å². The Labute approximate surface area is 97.7 Å². The Balaban J connectivity index is 2.11. The first-order valence-electron chi connectivity index (χ1n) is 6.06. The van der Waals surface area contributed by atoms with Gasteiger partial charge in [-0.05, 0) is 37.3 Å². The van der Waals surface area contributed by atoms with Crippen molar-refractivity contribution in [3.63, 3.8) is 0 Å². The van der Waals surface area contributed by atoms with Gasteiger partial charge in [-0.25, -0.2) is 4.98 Å². The zero-order valence-corrected chi connectivity index (χ0v) is 10.4. The lowest BCUT2D eigenvalue weighted by Crippen LogP contribution is -2.22. The Morgan fingerprint density at radius 2 is 2.19 bits per heavy atom. The molecule has 2 N–H and O–H groups in total. The molecule has 0 aromatic carbocycles. The van der Waals surface area contributed by atoms with E-state index in [1.165, 1.54) is 6.42 Å². The summed E-state index contributed by atoms with van der Waals surface area (Å²) in [6.45, 7) is 8.83. The van der Waals surface area contributed by atoms with Crippen molar-refractivity contribution in [3.05, 3.63) is 17.8 Å². The van der Waals surface area contributed by atoms with Crippen LogP contribution >= 0.6 is 0 Å². The van der Waals surface area contributed by atoms with Crippen LogP contribution in [0.15, 0.2) is 12.1 Å². The smallest absolute Gasteiger partial charge is 0.128 e. The predicted molar refractivity (Wildman–Crippen MR) is 68.5 cm³/mol. The van der Waals surface area contributed by atoms with Crippen LogP contribution in [0.2, 0.25) is 0 Å². The number of aromatic nitrogens is 1. The predicted octanol–water partition coefficient (Wildman–Crippen LogP) is 2.45. The Bertz CT molecular complexity index is 373. The molecule has 2 heterocycles. The molecule has 1 fully saturated rings. The molecule has 0 saturated carbocycles. The molecule has 1 aromatic rings. The van der Waals surface area contributed by atoms with Gasteiger partial charge < -0.3 is 10.6 Å². The number of hydrogen-bond acceptors (Lipinski definition) is 3. The second-order valence-corrected chi connectivity index (χ2v) is 5.08. The van der Waals surface area contributed by atoms with E-state index in [-0.39, 0.29) is 0 Å². The Morgan fingerprint density at radius 1 is 1.44 bits per heavy atom. The number of nitrogens with two attached hydrogens (primary N) is 1. The molecule has 0 spiro atoms. The highest BCUT2D eigenvalue weighted by Crippen LogP contribution is 2.27. The van der Waals surface area contributed by atoms with Crippen LogP contribution in [0, 0.1) is 18.8 Å². The van der Waals surface area contributed by atoms with E-state index in [2.05, 4.69) is 23.7 Å². The van der Waals surface area contributed by atoms with Gasteiger partial charge in [-0.2, -0.15) is 0 Å². The van der Waals surface area contributed by atoms with Gasteiger partial charge in [0.1, 0.15) is 5.82 Å².